The average Bonchev–Trinajstić information content (AvgIpc) is 3.64. The zero-order chi connectivity index (χ0) is 61.3. The first-order valence-electron chi connectivity index (χ1n) is 29.6. The highest BCUT2D eigenvalue weighted by atomic mass is 35.5. The van der Waals surface area contributed by atoms with E-state index in [-0.39, 0.29) is 89.8 Å². The number of phenols is 1. The predicted octanol–water partition coefficient (Wildman–Crippen LogP) is 8.89. The fourth-order valence-electron chi connectivity index (χ4n) is 11.7. The smallest absolute Gasteiger partial charge is 0.319 e. The zero-order valence-electron chi connectivity index (χ0n) is 49.7. The average molecular weight is 1230 g/mol. The molecule has 0 unspecified atom stereocenters. The van der Waals surface area contributed by atoms with Gasteiger partial charge >= 0.3 is 6.01 Å². The molecule has 3 aliphatic rings. The number of hydrogen-bond acceptors (Lipinski definition) is 18. The highest BCUT2D eigenvalue weighted by molar-refractivity contribution is 7.13. The molecule has 23 heteroatoms. The van der Waals surface area contributed by atoms with Crippen LogP contribution in [0.25, 0.3) is 43.2 Å². The summed E-state index contributed by atoms with van der Waals surface area (Å²) in [4.78, 5) is 62.6. The third kappa shape index (κ3) is 15.0. The number of anilines is 1. The lowest BCUT2D eigenvalue weighted by atomic mass is 9.91. The lowest BCUT2D eigenvalue weighted by Gasteiger charge is -2.35. The number of amides is 3. The van der Waals surface area contributed by atoms with Crippen molar-refractivity contribution in [2.45, 2.75) is 90.7 Å². The summed E-state index contributed by atoms with van der Waals surface area (Å²) in [6, 6.07) is 18.9. The highest BCUT2D eigenvalue weighted by Gasteiger charge is 2.43. The number of aliphatic hydroxyl groups excluding tert-OH is 1. The van der Waals surface area contributed by atoms with Gasteiger partial charge in [0.25, 0.3) is 0 Å². The van der Waals surface area contributed by atoms with Gasteiger partial charge in [-0.15, -0.1) is 11.3 Å². The van der Waals surface area contributed by atoms with Crippen LogP contribution in [0.4, 0.5) is 10.2 Å². The van der Waals surface area contributed by atoms with Crippen LogP contribution in [-0.2, 0) is 35.1 Å². The number of fused-ring (bicyclic) bond motifs is 2. The van der Waals surface area contributed by atoms with Gasteiger partial charge in [0.2, 0.25) is 17.7 Å². The van der Waals surface area contributed by atoms with Gasteiger partial charge in [-0.3, -0.25) is 19.3 Å². The number of carbonyl (C=O) groups excluding carboxylic acids is 3. The van der Waals surface area contributed by atoms with Crippen molar-refractivity contribution in [3.8, 4) is 39.1 Å². The number of β-amino-alcohol motifs (C(OH)–C–C–N with tert-alkyl or cyclic N) is 1. The molecule has 6 heterocycles. The van der Waals surface area contributed by atoms with E-state index in [1.165, 1.54) is 28.4 Å². The second-order valence-electron chi connectivity index (χ2n) is 22.7. The summed E-state index contributed by atoms with van der Waals surface area (Å²) < 4.78 is 53.3. The molecule has 0 saturated carbocycles. The standard InChI is InChI=1S/C64H75ClFN9O11S/c1-7-55(78)73-18-20-74(21-19-73)61-50-33-51(65)57(49-31-45(76)29-42-10-8-9-11-48(42)49)58(66)59(50)69-64(70-61)85-40(5)35-72-16-14-47(15-17-72)83-26-24-81-22-23-82-25-27-84-53-30-43(60-41(6)68-37-87-60)12-13-44(53)34-67-62(79)52-32-46(77)36-75(52)63(80)56(38(2)3)54-28-39(4)71-86-54/h7-13,28-31,33,37-38,40,46-47,52,56,76-77H,1,14-27,32,34-36H2,2-6H3,(H,67,79)/t40-,46-,52+,56-/m1/s1. The number of aromatic hydroxyl groups is 1. The number of piperazine rings is 1. The summed E-state index contributed by atoms with van der Waals surface area (Å²) in [5, 5.41) is 30.3. The van der Waals surface area contributed by atoms with Gasteiger partial charge in [-0.25, -0.2) is 9.37 Å². The van der Waals surface area contributed by atoms with Crippen molar-refractivity contribution < 1.29 is 57.2 Å². The summed E-state index contributed by atoms with van der Waals surface area (Å²) in [7, 11) is 0. The molecule has 87 heavy (non-hydrogen) atoms. The number of rotatable bonds is 25. The molecule has 3 aliphatic heterocycles. The molecule has 0 spiro atoms. The Hall–Kier alpha value is -7.31. The molecule has 10 rings (SSSR count). The highest BCUT2D eigenvalue weighted by Crippen LogP contribution is 2.43. The summed E-state index contributed by atoms with van der Waals surface area (Å²) in [6.07, 6.45) is 1.91. The van der Waals surface area contributed by atoms with Crippen LogP contribution < -0.4 is 19.7 Å². The van der Waals surface area contributed by atoms with Crippen LogP contribution in [0.15, 0.2) is 89.4 Å². The number of aromatic nitrogens is 4. The monoisotopic (exact) mass is 1230 g/mol. The van der Waals surface area contributed by atoms with Gasteiger partial charge in [-0.05, 0) is 91.8 Å². The number of benzene rings is 4. The summed E-state index contributed by atoms with van der Waals surface area (Å²) in [5.41, 5.74) is 5.57. The minimum atomic E-state index is -0.867. The molecule has 3 amide bonds. The Morgan fingerprint density at radius 2 is 1.67 bits per heavy atom. The van der Waals surface area contributed by atoms with Crippen molar-refractivity contribution in [3.63, 3.8) is 0 Å². The fraction of sp³-hybridized carbons (Fsp3) is 0.453. The van der Waals surface area contributed by atoms with Crippen molar-refractivity contribution in [3.05, 3.63) is 118 Å². The number of nitrogens with one attached hydrogen (secondary N) is 1. The Kier molecular flexibility index (Phi) is 20.7. The maximum absolute atomic E-state index is 17.2. The van der Waals surface area contributed by atoms with Crippen molar-refractivity contribution in [1.29, 1.82) is 0 Å². The molecule has 4 aromatic carbocycles. The maximum Gasteiger partial charge on any atom is 0.319 e. The molecule has 3 fully saturated rings. The second-order valence-corrected chi connectivity index (χ2v) is 23.9. The number of phenolic OH excluding ortho intramolecular Hbond substituents is 1. The minimum Gasteiger partial charge on any atom is -0.508 e. The Morgan fingerprint density at radius 1 is 0.920 bits per heavy atom. The van der Waals surface area contributed by atoms with Crippen LogP contribution in [0.3, 0.4) is 0 Å². The number of ether oxygens (including phenoxy) is 5. The maximum atomic E-state index is 17.2. The molecule has 0 bridgehead atoms. The Balaban J connectivity index is 0.669. The van der Waals surface area contributed by atoms with E-state index < -0.39 is 23.9 Å². The number of hydrogen-bond donors (Lipinski definition) is 3. The Bertz CT molecular complexity index is 3570. The van der Waals surface area contributed by atoms with Gasteiger partial charge in [0.15, 0.2) is 5.82 Å². The molecule has 0 radical (unpaired) electrons. The SMILES string of the molecule is C=CC(=O)N1CCN(c2nc(O[C@H](C)CN3CCC(OCCOCCOCCOc4cc(-c5scnc5C)ccc4CNC(=O)[C@@H]4C[C@@H](O)CN4C(=O)[C@@H](c4cc(C)no4)C(C)C)CC3)nc3c(F)c(-c4cc(O)cc5ccccc45)c(Cl)cc23)CC1. The number of aryl methyl sites for hydroxylation is 2. The van der Waals surface area contributed by atoms with Crippen LogP contribution in [0.5, 0.6) is 17.5 Å². The molecular weight excluding hydrogens is 1160 g/mol. The van der Waals surface area contributed by atoms with Gasteiger partial charge in [0.1, 0.15) is 53.3 Å². The molecule has 20 nitrogen and oxygen atoms in total. The van der Waals surface area contributed by atoms with Crippen LogP contribution >= 0.6 is 22.9 Å². The van der Waals surface area contributed by atoms with Gasteiger partial charge in [-0.1, -0.05) is 73.6 Å². The van der Waals surface area contributed by atoms with Gasteiger partial charge in [0, 0.05) is 87.9 Å². The van der Waals surface area contributed by atoms with Gasteiger partial charge < -0.3 is 58.4 Å². The van der Waals surface area contributed by atoms with Crippen molar-refractivity contribution >= 4 is 68.2 Å². The molecule has 0 aliphatic carbocycles. The van der Waals surface area contributed by atoms with E-state index in [1.807, 2.05) is 75.1 Å². The van der Waals surface area contributed by atoms with Crippen molar-refractivity contribution in [2.24, 2.45) is 5.92 Å². The Labute approximate surface area is 514 Å². The van der Waals surface area contributed by atoms with Gasteiger partial charge in [0.05, 0.1) is 72.0 Å². The number of piperidine rings is 1. The fourth-order valence-corrected chi connectivity index (χ4v) is 12.8. The topological polar surface area (TPSA) is 228 Å². The summed E-state index contributed by atoms with van der Waals surface area (Å²) in [5.74, 6) is -0.868. The van der Waals surface area contributed by atoms with E-state index in [2.05, 4.69) is 31.9 Å². The first kappa shape index (κ1) is 62.7. The quantitative estimate of drug-likeness (QED) is 0.0358. The summed E-state index contributed by atoms with van der Waals surface area (Å²) >= 11 is 8.47. The number of nitrogens with zero attached hydrogens (tertiary/aromatic N) is 8. The molecule has 462 valence electrons. The van der Waals surface area contributed by atoms with Crippen LogP contribution in [0.2, 0.25) is 5.02 Å². The van der Waals surface area contributed by atoms with Gasteiger partial charge in [-0.2, -0.15) is 9.97 Å². The molecule has 7 aromatic rings. The van der Waals surface area contributed by atoms with E-state index in [0.717, 1.165) is 53.0 Å². The van der Waals surface area contributed by atoms with Crippen molar-refractivity contribution in [1.82, 2.24) is 40.1 Å². The largest absolute Gasteiger partial charge is 0.508 e. The lowest BCUT2D eigenvalue weighted by Crippen LogP contribution is -2.48. The van der Waals surface area contributed by atoms with E-state index in [9.17, 15) is 24.6 Å². The normalized spacial score (nSPS) is 17.6. The zero-order valence-corrected chi connectivity index (χ0v) is 51.3. The Morgan fingerprint density at radius 3 is 2.38 bits per heavy atom. The molecule has 3 saturated heterocycles. The van der Waals surface area contributed by atoms with Crippen molar-refractivity contribution in [2.75, 3.05) is 96.9 Å². The number of thiazole rings is 1. The van der Waals surface area contributed by atoms with Crippen LogP contribution in [0, 0.1) is 25.6 Å². The summed E-state index contributed by atoms with van der Waals surface area (Å²) in [6.45, 7) is 19.2. The third-order valence-corrected chi connectivity index (χ3v) is 17.4. The number of likely N-dealkylation sites (tertiary alicyclic amines) is 2. The lowest BCUT2D eigenvalue weighted by molar-refractivity contribution is -0.141. The van der Waals surface area contributed by atoms with E-state index >= 15 is 4.39 Å². The second kappa shape index (κ2) is 28.7. The number of aliphatic hydroxyl groups is 1. The number of carbonyl (C=O) groups is 3. The van der Waals surface area contributed by atoms with E-state index in [1.54, 1.807) is 35.5 Å². The molecule has 3 aromatic heterocycles. The third-order valence-electron chi connectivity index (χ3n) is 16.1. The van der Waals surface area contributed by atoms with Crippen LogP contribution in [-0.4, -0.2) is 179 Å². The molecule has 4 atom stereocenters. The minimum absolute atomic E-state index is 0.0139. The first-order valence-corrected chi connectivity index (χ1v) is 30.9. The molecule has 3 N–H and O–H groups in total. The van der Waals surface area contributed by atoms with Crippen LogP contribution in [0.1, 0.15) is 68.7 Å². The first-order chi connectivity index (χ1) is 42.0. The predicted molar refractivity (Wildman–Crippen MR) is 330 cm³/mol. The van der Waals surface area contributed by atoms with E-state index in [4.69, 9.17) is 44.8 Å². The number of halogens is 2. The van der Waals surface area contributed by atoms with E-state index in [0.29, 0.717) is 105 Å². The molecular formula is C64H75ClFN9O11S.